The van der Waals surface area contributed by atoms with Crippen LogP contribution in [-0.2, 0) is 9.59 Å². The summed E-state index contributed by atoms with van der Waals surface area (Å²) in [5.74, 6) is 0.400. The second-order valence-electron chi connectivity index (χ2n) is 12.3. The molecule has 0 spiro atoms. The SMILES string of the molecule is CC/C=C\C/C=C\C/C=C\C/C=C\C/C=C\C/C=C\CCC(=O)N1CCN(C(=O)CCC/C=C\C/C=C\C/C=C\C/C=C\C/C=C\CC)CC1. The number of hydrogen-bond donors (Lipinski definition) is 0. The van der Waals surface area contributed by atoms with Crippen molar-refractivity contribution in [1.82, 2.24) is 9.80 Å². The van der Waals surface area contributed by atoms with Crippen molar-refractivity contribution in [3.63, 3.8) is 0 Å². The lowest BCUT2D eigenvalue weighted by molar-refractivity contribution is -0.139. The summed E-state index contributed by atoms with van der Waals surface area (Å²) in [4.78, 5) is 29.1. The van der Waals surface area contributed by atoms with Gasteiger partial charge >= 0.3 is 0 Å². The number of nitrogens with zero attached hydrogens (tertiary/aromatic N) is 2. The summed E-state index contributed by atoms with van der Waals surface area (Å²) >= 11 is 0. The van der Waals surface area contributed by atoms with E-state index in [9.17, 15) is 9.59 Å². The average molecular weight is 681 g/mol. The molecule has 0 atom stereocenters. The molecule has 0 saturated carbocycles. The van der Waals surface area contributed by atoms with E-state index in [1.807, 2.05) is 9.80 Å². The zero-order valence-electron chi connectivity index (χ0n) is 31.6. The van der Waals surface area contributed by atoms with Crippen molar-refractivity contribution in [1.29, 1.82) is 0 Å². The topological polar surface area (TPSA) is 40.6 Å². The van der Waals surface area contributed by atoms with Gasteiger partial charge < -0.3 is 9.80 Å². The van der Waals surface area contributed by atoms with Crippen molar-refractivity contribution >= 4 is 11.8 Å². The molecule has 1 rings (SSSR count). The first-order valence-corrected chi connectivity index (χ1v) is 19.4. The van der Waals surface area contributed by atoms with Crippen LogP contribution in [0, 0.1) is 0 Å². The lowest BCUT2D eigenvalue weighted by Gasteiger charge is -2.35. The maximum absolute atomic E-state index is 12.6. The minimum atomic E-state index is 0.190. The van der Waals surface area contributed by atoms with E-state index in [1.165, 1.54) is 0 Å². The van der Waals surface area contributed by atoms with Gasteiger partial charge in [-0.05, 0) is 89.9 Å². The molecular formula is C46H68N2O2. The molecule has 50 heavy (non-hydrogen) atoms. The molecule has 0 bridgehead atoms. The van der Waals surface area contributed by atoms with Crippen LogP contribution in [0.3, 0.4) is 0 Å². The van der Waals surface area contributed by atoms with Gasteiger partial charge in [0, 0.05) is 39.0 Å². The van der Waals surface area contributed by atoms with E-state index in [-0.39, 0.29) is 11.8 Å². The van der Waals surface area contributed by atoms with E-state index in [1.54, 1.807) is 0 Å². The molecule has 0 N–H and O–H groups in total. The third-order valence-electron chi connectivity index (χ3n) is 8.03. The highest BCUT2D eigenvalue weighted by molar-refractivity contribution is 5.78. The van der Waals surface area contributed by atoms with Crippen LogP contribution in [0.2, 0.25) is 0 Å². The first kappa shape index (κ1) is 44.1. The van der Waals surface area contributed by atoms with Gasteiger partial charge in [0.2, 0.25) is 11.8 Å². The van der Waals surface area contributed by atoms with Crippen molar-refractivity contribution in [2.24, 2.45) is 0 Å². The number of carbonyl (C=O) groups excluding carboxylic acids is 2. The number of rotatable bonds is 27. The molecule has 0 aromatic rings. The Hall–Kier alpha value is -3.92. The van der Waals surface area contributed by atoms with Crippen molar-refractivity contribution in [2.45, 2.75) is 117 Å². The van der Waals surface area contributed by atoms with Gasteiger partial charge in [-0.25, -0.2) is 0 Å². The Labute approximate surface area is 306 Å². The Balaban J connectivity index is 2.04. The minimum absolute atomic E-state index is 0.190. The third-order valence-corrected chi connectivity index (χ3v) is 8.03. The number of carbonyl (C=O) groups is 2. The van der Waals surface area contributed by atoms with E-state index in [4.69, 9.17) is 0 Å². The molecule has 4 heteroatoms. The molecule has 1 aliphatic heterocycles. The maximum Gasteiger partial charge on any atom is 0.223 e. The fourth-order valence-electron chi connectivity index (χ4n) is 5.11. The molecule has 0 radical (unpaired) electrons. The molecule has 0 aromatic carbocycles. The molecule has 1 saturated heterocycles. The van der Waals surface area contributed by atoms with E-state index >= 15 is 0 Å². The van der Waals surface area contributed by atoms with Gasteiger partial charge in [0.25, 0.3) is 0 Å². The van der Waals surface area contributed by atoms with Crippen molar-refractivity contribution < 1.29 is 9.59 Å². The lowest BCUT2D eigenvalue weighted by atomic mass is 10.1. The quantitative estimate of drug-likeness (QED) is 0.0640. The highest BCUT2D eigenvalue weighted by atomic mass is 16.2. The number of allylic oxidation sites excluding steroid dienone is 22. The van der Waals surface area contributed by atoms with E-state index < -0.39 is 0 Å². The van der Waals surface area contributed by atoms with Crippen molar-refractivity contribution in [2.75, 3.05) is 26.2 Å². The first-order valence-electron chi connectivity index (χ1n) is 19.4. The molecular weight excluding hydrogens is 613 g/mol. The van der Waals surface area contributed by atoms with E-state index in [0.717, 1.165) is 89.9 Å². The number of piperazine rings is 1. The molecule has 1 aliphatic rings. The molecule has 1 heterocycles. The molecule has 2 amide bonds. The lowest BCUT2D eigenvalue weighted by Crippen LogP contribution is -2.50. The predicted octanol–water partition coefficient (Wildman–Crippen LogP) is 12.1. The monoisotopic (exact) mass is 681 g/mol. The van der Waals surface area contributed by atoms with Crippen molar-refractivity contribution in [3.05, 3.63) is 134 Å². The number of amides is 2. The normalized spacial score (nSPS) is 15.2. The van der Waals surface area contributed by atoms with Crippen LogP contribution in [-0.4, -0.2) is 47.8 Å². The van der Waals surface area contributed by atoms with Gasteiger partial charge in [-0.2, -0.15) is 0 Å². The van der Waals surface area contributed by atoms with Gasteiger partial charge in [-0.15, -0.1) is 0 Å². The minimum Gasteiger partial charge on any atom is -0.339 e. The smallest absolute Gasteiger partial charge is 0.223 e. The van der Waals surface area contributed by atoms with Crippen molar-refractivity contribution in [3.8, 4) is 0 Å². The van der Waals surface area contributed by atoms with Crippen LogP contribution < -0.4 is 0 Å². The molecule has 0 unspecified atom stereocenters. The number of unbranched alkanes of at least 4 members (excludes halogenated alkanes) is 1. The fourth-order valence-corrected chi connectivity index (χ4v) is 5.11. The van der Waals surface area contributed by atoms with Crippen LogP contribution in [0.15, 0.2) is 134 Å². The molecule has 1 fully saturated rings. The van der Waals surface area contributed by atoms with Crippen LogP contribution in [0.4, 0.5) is 0 Å². The summed E-state index contributed by atoms with van der Waals surface area (Å²) in [6.07, 6.45) is 62.9. The van der Waals surface area contributed by atoms with Gasteiger partial charge in [-0.3, -0.25) is 9.59 Å². The van der Waals surface area contributed by atoms with E-state index in [0.29, 0.717) is 39.0 Å². The summed E-state index contributed by atoms with van der Waals surface area (Å²) in [6.45, 7) is 6.88. The summed E-state index contributed by atoms with van der Waals surface area (Å²) < 4.78 is 0. The Bertz CT molecular complexity index is 1180. The average Bonchev–Trinajstić information content (AvgIpc) is 3.13. The van der Waals surface area contributed by atoms with Crippen LogP contribution in [0.1, 0.15) is 117 Å². The highest BCUT2D eigenvalue weighted by Gasteiger charge is 2.23. The first-order chi connectivity index (χ1) is 24.7. The highest BCUT2D eigenvalue weighted by Crippen LogP contribution is 2.10. The fraction of sp³-hybridized carbons (Fsp3) is 0.478. The summed E-state index contributed by atoms with van der Waals surface area (Å²) in [5, 5.41) is 0. The van der Waals surface area contributed by atoms with Gasteiger partial charge in [0.1, 0.15) is 0 Å². The maximum atomic E-state index is 12.6. The standard InChI is InChI=1S/C46H68N2O2/c1-3-5-7-9-11-13-15-17-19-21-22-24-26-28-30-32-34-36-38-40-46(50)48-43-41-47(42-44-48)45(49)39-37-35-33-31-29-27-25-23-20-18-16-14-12-10-8-6-4-2/h5-8,11-14,17-20,22,24-25,27-28,30-31,33-34,36H,3-4,9-10,15-16,21,23,26,29,32,35,37-44H2,1-2H3/b7-5-,8-6-,13-11-,14-12-,19-17-,20-18-,24-22-,27-25-,30-28-,33-31-,36-34-. The largest absolute Gasteiger partial charge is 0.339 e. The zero-order chi connectivity index (χ0) is 36.0. The molecule has 274 valence electrons. The third kappa shape index (κ3) is 28.0. The molecule has 4 nitrogen and oxygen atoms in total. The Morgan fingerprint density at radius 3 is 0.940 bits per heavy atom. The summed E-state index contributed by atoms with van der Waals surface area (Å²) in [5.41, 5.74) is 0. The Kier molecular flexibility index (Phi) is 30.8. The van der Waals surface area contributed by atoms with Crippen LogP contribution in [0.25, 0.3) is 0 Å². The summed E-state index contributed by atoms with van der Waals surface area (Å²) in [6, 6.07) is 0. The molecule has 0 aromatic heterocycles. The second kappa shape index (κ2) is 34.9. The second-order valence-corrected chi connectivity index (χ2v) is 12.3. The van der Waals surface area contributed by atoms with Crippen LogP contribution >= 0.6 is 0 Å². The van der Waals surface area contributed by atoms with Gasteiger partial charge in [0.05, 0.1) is 0 Å². The Morgan fingerprint density at radius 1 is 0.360 bits per heavy atom. The molecule has 0 aliphatic carbocycles. The zero-order valence-corrected chi connectivity index (χ0v) is 31.6. The predicted molar refractivity (Wildman–Crippen MR) is 219 cm³/mol. The Morgan fingerprint density at radius 2 is 0.620 bits per heavy atom. The van der Waals surface area contributed by atoms with Gasteiger partial charge in [-0.1, -0.05) is 148 Å². The van der Waals surface area contributed by atoms with E-state index in [2.05, 4.69) is 148 Å². The van der Waals surface area contributed by atoms with Crippen LogP contribution in [0.5, 0.6) is 0 Å². The summed E-state index contributed by atoms with van der Waals surface area (Å²) in [7, 11) is 0. The van der Waals surface area contributed by atoms with Gasteiger partial charge in [0.15, 0.2) is 0 Å². The number of hydrogen-bond acceptors (Lipinski definition) is 2.